The predicted molar refractivity (Wildman–Crippen MR) is 66.0 cm³/mol. The lowest BCUT2D eigenvalue weighted by atomic mass is 9.94. The zero-order chi connectivity index (χ0) is 13.1. The predicted octanol–water partition coefficient (Wildman–Crippen LogP) is 1.08. The molecule has 0 saturated heterocycles. The molecule has 1 N–H and O–H groups in total. The van der Waals surface area contributed by atoms with E-state index in [-0.39, 0.29) is 5.75 Å². The molecule has 5 nitrogen and oxygen atoms in total. The Kier molecular flexibility index (Phi) is 2.09. The lowest BCUT2D eigenvalue weighted by Crippen LogP contribution is -2.21. The third-order valence-electron chi connectivity index (χ3n) is 3.89. The van der Waals surface area contributed by atoms with E-state index in [9.17, 15) is 18.3 Å². The van der Waals surface area contributed by atoms with Crippen LogP contribution in [0.4, 0.5) is 5.69 Å². The van der Waals surface area contributed by atoms with Gasteiger partial charge in [-0.15, -0.1) is 0 Å². The van der Waals surface area contributed by atoms with Gasteiger partial charge in [-0.05, 0) is 30.0 Å². The fourth-order valence-corrected chi connectivity index (χ4v) is 3.80. The van der Waals surface area contributed by atoms with Crippen LogP contribution in [0.25, 0.3) is 0 Å². The zero-order valence-corrected chi connectivity index (χ0v) is 10.7. The second-order valence-corrected chi connectivity index (χ2v) is 6.95. The van der Waals surface area contributed by atoms with Crippen molar-refractivity contribution in [2.75, 3.05) is 11.4 Å². The highest BCUT2D eigenvalue weighted by atomic mass is 32.2. The summed E-state index contributed by atoms with van der Waals surface area (Å²) in [4.78, 5) is 11.2. The molecule has 1 aromatic rings. The monoisotopic (exact) mass is 267 g/mol. The number of nitrogens with zero attached hydrogens (tertiary/aromatic N) is 1. The number of benzene rings is 1. The minimum atomic E-state index is -3.26. The average Bonchev–Trinajstić information content (AvgIpc) is 3.04. The summed E-state index contributed by atoms with van der Waals surface area (Å²) in [6, 6.07) is 5.17. The number of fused-ring (bicyclic) bond motifs is 1. The van der Waals surface area contributed by atoms with Crippen molar-refractivity contribution in [3.05, 3.63) is 29.3 Å². The molecule has 18 heavy (non-hydrogen) atoms. The number of hydrogen-bond acceptors (Lipinski definition) is 3. The normalized spacial score (nSPS) is 22.6. The first-order valence-corrected chi connectivity index (χ1v) is 7.31. The summed E-state index contributed by atoms with van der Waals surface area (Å²) in [7, 11) is -1.74. The quantitative estimate of drug-likeness (QED) is 0.870. The van der Waals surface area contributed by atoms with Crippen molar-refractivity contribution in [1.29, 1.82) is 0 Å². The minimum absolute atomic E-state index is 0.0393. The van der Waals surface area contributed by atoms with Crippen molar-refractivity contribution in [3.63, 3.8) is 0 Å². The maximum atomic E-state index is 11.7. The lowest BCUT2D eigenvalue weighted by molar-refractivity contribution is -0.140. The molecule has 0 bridgehead atoms. The molecule has 6 heteroatoms. The van der Waals surface area contributed by atoms with Gasteiger partial charge in [-0.2, -0.15) is 0 Å². The number of rotatable bonds is 2. The van der Waals surface area contributed by atoms with Gasteiger partial charge < -0.3 is 5.11 Å². The highest BCUT2D eigenvalue weighted by molar-refractivity contribution is 7.92. The summed E-state index contributed by atoms with van der Waals surface area (Å²) < 4.78 is 24.7. The van der Waals surface area contributed by atoms with Crippen LogP contribution in [-0.4, -0.2) is 26.5 Å². The molecule has 1 aromatic carbocycles. The second-order valence-electron chi connectivity index (χ2n) is 4.95. The average molecular weight is 267 g/mol. The van der Waals surface area contributed by atoms with E-state index in [2.05, 4.69) is 0 Å². The maximum absolute atomic E-state index is 11.7. The van der Waals surface area contributed by atoms with E-state index in [4.69, 9.17) is 0 Å². The summed E-state index contributed by atoms with van der Waals surface area (Å²) in [5.41, 5.74) is 1.29. The minimum Gasteiger partial charge on any atom is -0.481 e. The molecule has 0 amide bonds. The molecule has 1 aliphatic carbocycles. The number of carbonyl (C=O) groups is 1. The van der Waals surface area contributed by atoms with E-state index in [1.807, 2.05) is 0 Å². The second kappa shape index (κ2) is 3.26. The van der Waals surface area contributed by atoms with Crippen LogP contribution in [0.2, 0.25) is 0 Å². The fraction of sp³-hybridized carbons (Fsp3) is 0.417. The lowest BCUT2D eigenvalue weighted by Gasteiger charge is -2.13. The zero-order valence-electron chi connectivity index (χ0n) is 9.88. The van der Waals surface area contributed by atoms with Gasteiger partial charge in [0.2, 0.25) is 10.0 Å². The van der Waals surface area contributed by atoms with Gasteiger partial charge in [0.1, 0.15) is 0 Å². The van der Waals surface area contributed by atoms with Crippen LogP contribution in [0, 0.1) is 0 Å². The van der Waals surface area contributed by atoms with Crippen molar-refractivity contribution in [3.8, 4) is 0 Å². The molecule has 2 aliphatic rings. The topological polar surface area (TPSA) is 74.7 Å². The van der Waals surface area contributed by atoms with E-state index >= 15 is 0 Å². The van der Waals surface area contributed by atoms with Crippen LogP contribution >= 0.6 is 0 Å². The molecule has 0 radical (unpaired) electrons. The van der Waals surface area contributed by atoms with Gasteiger partial charge >= 0.3 is 5.97 Å². The van der Waals surface area contributed by atoms with Crippen molar-refractivity contribution in [1.82, 2.24) is 0 Å². The van der Waals surface area contributed by atoms with Crippen LogP contribution in [-0.2, 0) is 26.0 Å². The van der Waals surface area contributed by atoms with Crippen LogP contribution in [0.5, 0.6) is 0 Å². The molecule has 1 heterocycles. The van der Waals surface area contributed by atoms with Crippen LogP contribution < -0.4 is 4.31 Å². The standard InChI is InChI=1S/C12H13NO4S/c1-13-10-3-2-9(12(4-5-12)11(14)15)6-8(10)7-18(13,16)17/h2-3,6H,4-5,7H2,1H3,(H,14,15). The molecule has 0 spiro atoms. The molecule has 96 valence electrons. The van der Waals surface area contributed by atoms with E-state index in [1.165, 1.54) is 11.4 Å². The molecule has 0 aromatic heterocycles. The third-order valence-corrected chi connectivity index (χ3v) is 5.59. The van der Waals surface area contributed by atoms with E-state index in [0.29, 0.717) is 24.1 Å². The Morgan fingerprint density at radius 2 is 2.06 bits per heavy atom. The molecule has 0 atom stereocenters. The summed E-state index contributed by atoms with van der Waals surface area (Å²) >= 11 is 0. The Hall–Kier alpha value is -1.56. The maximum Gasteiger partial charge on any atom is 0.314 e. The van der Waals surface area contributed by atoms with Gasteiger partial charge in [0.25, 0.3) is 0 Å². The number of sulfonamides is 1. The largest absolute Gasteiger partial charge is 0.481 e. The van der Waals surface area contributed by atoms with Gasteiger partial charge in [0.15, 0.2) is 0 Å². The molecule has 1 fully saturated rings. The fourth-order valence-electron chi connectivity index (χ4n) is 2.50. The molecule has 3 rings (SSSR count). The molecule has 0 unspecified atom stereocenters. The van der Waals surface area contributed by atoms with Crippen LogP contribution in [0.15, 0.2) is 18.2 Å². The number of carboxylic acids is 1. The Morgan fingerprint density at radius 1 is 1.39 bits per heavy atom. The van der Waals surface area contributed by atoms with Gasteiger partial charge in [-0.1, -0.05) is 12.1 Å². The number of aliphatic carboxylic acids is 1. The Balaban J connectivity index is 2.08. The van der Waals surface area contributed by atoms with E-state index in [0.717, 1.165) is 5.56 Å². The van der Waals surface area contributed by atoms with Gasteiger partial charge in [-0.3, -0.25) is 9.10 Å². The van der Waals surface area contributed by atoms with Crippen molar-refractivity contribution in [2.45, 2.75) is 24.0 Å². The first kappa shape index (κ1) is 11.5. The van der Waals surface area contributed by atoms with Crippen LogP contribution in [0.3, 0.4) is 0 Å². The summed E-state index contributed by atoms with van der Waals surface area (Å²) in [5.74, 6) is -0.862. The molecule has 1 aliphatic heterocycles. The first-order chi connectivity index (χ1) is 8.37. The third kappa shape index (κ3) is 1.38. The van der Waals surface area contributed by atoms with E-state index < -0.39 is 21.4 Å². The van der Waals surface area contributed by atoms with Gasteiger partial charge in [-0.25, -0.2) is 8.42 Å². The highest BCUT2D eigenvalue weighted by Crippen LogP contribution is 2.49. The van der Waals surface area contributed by atoms with Crippen molar-refractivity contribution >= 4 is 21.7 Å². The Labute approximate surface area is 105 Å². The molecular formula is C12H13NO4S. The van der Waals surface area contributed by atoms with Crippen molar-refractivity contribution < 1.29 is 18.3 Å². The summed E-state index contributed by atoms with van der Waals surface area (Å²) in [5, 5.41) is 9.23. The molecule has 1 saturated carbocycles. The van der Waals surface area contributed by atoms with Gasteiger partial charge in [0.05, 0.1) is 16.9 Å². The first-order valence-electron chi connectivity index (χ1n) is 5.70. The highest BCUT2D eigenvalue weighted by Gasteiger charge is 2.52. The van der Waals surface area contributed by atoms with Crippen LogP contribution in [0.1, 0.15) is 24.0 Å². The smallest absolute Gasteiger partial charge is 0.314 e. The van der Waals surface area contributed by atoms with Gasteiger partial charge in [0, 0.05) is 7.05 Å². The SMILES string of the molecule is CN1c2ccc(C3(C(=O)O)CC3)cc2CS1(=O)=O. The number of carboxylic acid groups (broad SMARTS) is 1. The number of anilines is 1. The number of hydrogen-bond donors (Lipinski definition) is 1. The summed E-state index contributed by atoms with van der Waals surface area (Å²) in [6.07, 6.45) is 1.26. The summed E-state index contributed by atoms with van der Waals surface area (Å²) in [6.45, 7) is 0. The Morgan fingerprint density at radius 3 is 2.61 bits per heavy atom. The van der Waals surface area contributed by atoms with Crippen molar-refractivity contribution in [2.24, 2.45) is 0 Å². The molecular weight excluding hydrogens is 254 g/mol. The van der Waals surface area contributed by atoms with E-state index in [1.54, 1.807) is 18.2 Å². The Bertz CT molecular complexity index is 646.